The number of hydrogen-bond acceptors (Lipinski definition) is 3. The number of hydrogen-bond donors (Lipinski definition) is 1. The van der Waals surface area contributed by atoms with Crippen LogP contribution in [-0.2, 0) is 22.7 Å². The SMILES string of the molecule is O=C(O)CC[C@H]1CCCCN1C(=O)CN1Cc2ccccc2C1. The zero-order valence-electron chi connectivity index (χ0n) is 13.4. The Hall–Kier alpha value is -1.88. The first kappa shape index (κ1) is 16.0. The van der Waals surface area contributed by atoms with Gasteiger partial charge in [0.15, 0.2) is 0 Å². The predicted molar refractivity (Wildman–Crippen MR) is 86.8 cm³/mol. The lowest BCUT2D eigenvalue weighted by Crippen LogP contribution is -2.47. The molecule has 0 saturated carbocycles. The number of rotatable bonds is 5. The van der Waals surface area contributed by atoms with Crippen LogP contribution in [0.1, 0.15) is 43.2 Å². The van der Waals surface area contributed by atoms with E-state index < -0.39 is 5.97 Å². The highest BCUT2D eigenvalue weighted by Gasteiger charge is 2.29. The van der Waals surface area contributed by atoms with Crippen LogP contribution in [0.2, 0.25) is 0 Å². The van der Waals surface area contributed by atoms with E-state index in [1.807, 2.05) is 17.0 Å². The zero-order chi connectivity index (χ0) is 16.2. The quantitative estimate of drug-likeness (QED) is 0.905. The van der Waals surface area contributed by atoms with E-state index in [2.05, 4.69) is 17.0 Å². The smallest absolute Gasteiger partial charge is 0.303 e. The van der Waals surface area contributed by atoms with E-state index in [9.17, 15) is 9.59 Å². The van der Waals surface area contributed by atoms with Crippen LogP contribution in [0, 0.1) is 0 Å². The Balaban J connectivity index is 1.57. The van der Waals surface area contributed by atoms with Crippen LogP contribution in [0.5, 0.6) is 0 Å². The van der Waals surface area contributed by atoms with Gasteiger partial charge in [0.25, 0.3) is 0 Å². The van der Waals surface area contributed by atoms with Crippen LogP contribution in [0.25, 0.3) is 0 Å². The Kier molecular flexibility index (Phi) is 4.96. The Morgan fingerprint density at radius 2 is 1.83 bits per heavy atom. The second kappa shape index (κ2) is 7.13. The van der Waals surface area contributed by atoms with Gasteiger partial charge in [0.05, 0.1) is 6.54 Å². The Morgan fingerprint density at radius 3 is 2.48 bits per heavy atom. The maximum Gasteiger partial charge on any atom is 0.303 e. The summed E-state index contributed by atoms with van der Waals surface area (Å²) in [5.74, 6) is -0.633. The van der Waals surface area contributed by atoms with Gasteiger partial charge in [0, 0.05) is 32.1 Å². The molecule has 0 spiro atoms. The lowest BCUT2D eigenvalue weighted by Gasteiger charge is -2.36. The Morgan fingerprint density at radius 1 is 1.13 bits per heavy atom. The van der Waals surface area contributed by atoms with Crippen molar-refractivity contribution in [1.29, 1.82) is 0 Å². The average Bonchev–Trinajstić information content (AvgIpc) is 2.95. The molecule has 5 nitrogen and oxygen atoms in total. The van der Waals surface area contributed by atoms with Crippen LogP contribution in [0.4, 0.5) is 0 Å². The third kappa shape index (κ3) is 3.91. The fourth-order valence-electron chi connectivity index (χ4n) is 3.72. The maximum atomic E-state index is 12.7. The molecule has 0 radical (unpaired) electrons. The second-order valence-electron chi connectivity index (χ2n) is 6.58. The largest absolute Gasteiger partial charge is 0.481 e. The molecule has 2 heterocycles. The minimum absolute atomic E-state index is 0.0947. The number of carboxylic acid groups (broad SMARTS) is 1. The molecule has 1 aromatic carbocycles. The maximum absolute atomic E-state index is 12.7. The van der Waals surface area contributed by atoms with Crippen molar-refractivity contribution in [1.82, 2.24) is 9.80 Å². The number of amides is 1. The number of likely N-dealkylation sites (tertiary alicyclic amines) is 1. The summed E-state index contributed by atoms with van der Waals surface area (Å²) in [4.78, 5) is 27.6. The number of carbonyl (C=O) groups is 2. The van der Waals surface area contributed by atoms with Crippen LogP contribution in [-0.4, -0.2) is 45.9 Å². The molecule has 1 atom stereocenters. The highest BCUT2D eigenvalue weighted by molar-refractivity contribution is 5.79. The molecule has 2 aliphatic heterocycles. The molecule has 3 rings (SSSR count). The van der Waals surface area contributed by atoms with Crippen LogP contribution < -0.4 is 0 Å². The van der Waals surface area contributed by atoms with Crippen molar-refractivity contribution in [3.63, 3.8) is 0 Å². The molecular formula is C18H24N2O3. The standard InChI is InChI=1S/C18H24N2O3/c21-17(13-19-11-14-5-1-2-6-15(14)12-19)20-10-4-3-7-16(20)8-9-18(22)23/h1-2,5-6,16H,3-4,7-13H2,(H,22,23)/t16-/m1/s1. The molecule has 5 heteroatoms. The van der Waals surface area contributed by atoms with Crippen molar-refractivity contribution in [2.75, 3.05) is 13.1 Å². The van der Waals surface area contributed by atoms with Gasteiger partial charge in [-0.25, -0.2) is 0 Å². The Labute approximate surface area is 136 Å². The molecule has 0 unspecified atom stereocenters. The summed E-state index contributed by atoms with van der Waals surface area (Å²) < 4.78 is 0. The lowest BCUT2D eigenvalue weighted by atomic mass is 9.98. The molecule has 23 heavy (non-hydrogen) atoms. The zero-order valence-corrected chi connectivity index (χ0v) is 13.4. The van der Waals surface area contributed by atoms with E-state index >= 15 is 0 Å². The van der Waals surface area contributed by atoms with E-state index in [0.29, 0.717) is 13.0 Å². The van der Waals surface area contributed by atoms with E-state index in [0.717, 1.165) is 38.9 Å². The summed E-state index contributed by atoms with van der Waals surface area (Å²) in [6.07, 6.45) is 3.75. The fraction of sp³-hybridized carbons (Fsp3) is 0.556. The molecule has 1 aromatic rings. The van der Waals surface area contributed by atoms with Gasteiger partial charge < -0.3 is 10.0 Å². The van der Waals surface area contributed by atoms with Crippen molar-refractivity contribution >= 4 is 11.9 Å². The van der Waals surface area contributed by atoms with Crippen molar-refractivity contribution in [2.24, 2.45) is 0 Å². The molecule has 1 fully saturated rings. The number of nitrogens with zero attached hydrogens (tertiary/aromatic N) is 2. The molecule has 1 saturated heterocycles. The number of carbonyl (C=O) groups excluding carboxylic acids is 1. The number of carboxylic acids is 1. The van der Waals surface area contributed by atoms with Gasteiger partial charge in [-0.3, -0.25) is 14.5 Å². The van der Waals surface area contributed by atoms with Gasteiger partial charge in [-0.15, -0.1) is 0 Å². The second-order valence-corrected chi connectivity index (χ2v) is 6.58. The minimum Gasteiger partial charge on any atom is -0.481 e. The third-order valence-corrected chi connectivity index (χ3v) is 4.90. The van der Waals surface area contributed by atoms with Gasteiger partial charge in [0.1, 0.15) is 0 Å². The molecule has 0 aliphatic carbocycles. The molecule has 2 aliphatic rings. The highest BCUT2D eigenvalue weighted by atomic mass is 16.4. The van der Waals surface area contributed by atoms with E-state index in [1.54, 1.807) is 0 Å². The van der Waals surface area contributed by atoms with Gasteiger partial charge in [-0.05, 0) is 36.8 Å². The number of piperidine rings is 1. The summed E-state index contributed by atoms with van der Waals surface area (Å²) in [5.41, 5.74) is 2.61. The lowest BCUT2D eigenvalue weighted by molar-refractivity contribution is -0.140. The first-order valence-electron chi connectivity index (χ1n) is 8.44. The molecule has 124 valence electrons. The molecule has 1 N–H and O–H groups in total. The molecule has 0 aromatic heterocycles. The first-order chi connectivity index (χ1) is 11.1. The van der Waals surface area contributed by atoms with Crippen molar-refractivity contribution in [2.45, 2.75) is 51.2 Å². The summed E-state index contributed by atoms with van der Waals surface area (Å²) in [7, 11) is 0. The fourth-order valence-corrected chi connectivity index (χ4v) is 3.72. The summed E-state index contributed by atoms with van der Waals surface area (Å²) in [6, 6.07) is 8.41. The normalized spacial score (nSPS) is 21.2. The van der Waals surface area contributed by atoms with Crippen LogP contribution in [0.15, 0.2) is 24.3 Å². The predicted octanol–water partition coefficient (Wildman–Crippen LogP) is 2.25. The summed E-state index contributed by atoms with van der Waals surface area (Å²) >= 11 is 0. The summed E-state index contributed by atoms with van der Waals surface area (Å²) in [5, 5.41) is 8.89. The first-order valence-corrected chi connectivity index (χ1v) is 8.44. The third-order valence-electron chi connectivity index (χ3n) is 4.90. The topological polar surface area (TPSA) is 60.9 Å². The van der Waals surface area contributed by atoms with E-state index in [1.165, 1.54) is 11.1 Å². The highest BCUT2D eigenvalue weighted by Crippen LogP contribution is 2.24. The van der Waals surface area contributed by atoms with Gasteiger partial charge in [-0.2, -0.15) is 0 Å². The van der Waals surface area contributed by atoms with E-state index in [-0.39, 0.29) is 18.4 Å². The van der Waals surface area contributed by atoms with Crippen molar-refractivity contribution in [3.8, 4) is 0 Å². The van der Waals surface area contributed by atoms with Crippen molar-refractivity contribution in [3.05, 3.63) is 35.4 Å². The molecular weight excluding hydrogens is 292 g/mol. The number of benzene rings is 1. The molecule has 0 bridgehead atoms. The van der Waals surface area contributed by atoms with Gasteiger partial charge in [-0.1, -0.05) is 24.3 Å². The van der Waals surface area contributed by atoms with E-state index in [4.69, 9.17) is 5.11 Å². The number of aliphatic carboxylic acids is 1. The van der Waals surface area contributed by atoms with Gasteiger partial charge in [0.2, 0.25) is 5.91 Å². The van der Waals surface area contributed by atoms with Gasteiger partial charge >= 0.3 is 5.97 Å². The van der Waals surface area contributed by atoms with Crippen LogP contribution >= 0.6 is 0 Å². The average molecular weight is 316 g/mol. The summed E-state index contributed by atoms with van der Waals surface area (Å²) in [6.45, 7) is 2.85. The number of fused-ring (bicyclic) bond motifs is 1. The molecule has 1 amide bonds. The van der Waals surface area contributed by atoms with Crippen molar-refractivity contribution < 1.29 is 14.7 Å². The Bertz CT molecular complexity index is 562. The minimum atomic E-state index is -0.780. The van der Waals surface area contributed by atoms with Crippen LogP contribution in [0.3, 0.4) is 0 Å². The monoisotopic (exact) mass is 316 g/mol.